The van der Waals surface area contributed by atoms with E-state index in [9.17, 15) is 5.11 Å². The van der Waals surface area contributed by atoms with Crippen LogP contribution in [0.1, 0.15) is 33.6 Å². The number of hydrogen-bond donors (Lipinski definition) is 1. The van der Waals surface area contributed by atoms with Crippen molar-refractivity contribution in [1.82, 2.24) is 4.90 Å². The highest BCUT2D eigenvalue weighted by Crippen LogP contribution is 2.27. The Labute approximate surface area is 75.6 Å². The normalized spacial score (nSPS) is 20.5. The molecule has 1 atom stereocenters. The van der Waals surface area contributed by atoms with Gasteiger partial charge < -0.3 is 5.11 Å². The van der Waals surface area contributed by atoms with E-state index in [2.05, 4.69) is 18.7 Å². The first kappa shape index (κ1) is 10.0. The van der Waals surface area contributed by atoms with Crippen LogP contribution < -0.4 is 0 Å². The van der Waals surface area contributed by atoms with Crippen LogP contribution in [0.15, 0.2) is 0 Å². The smallest absolute Gasteiger partial charge is 0.0639 e. The molecule has 2 heteroatoms. The first-order chi connectivity index (χ1) is 5.59. The molecule has 0 aromatic carbocycles. The number of rotatable bonds is 5. The maximum Gasteiger partial charge on any atom is 0.0639 e. The van der Waals surface area contributed by atoms with Gasteiger partial charge in [-0.25, -0.2) is 0 Å². The van der Waals surface area contributed by atoms with Gasteiger partial charge >= 0.3 is 0 Å². The van der Waals surface area contributed by atoms with Gasteiger partial charge in [-0.05, 0) is 25.7 Å². The Morgan fingerprint density at radius 3 is 2.17 bits per heavy atom. The summed E-state index contributed by atoms with van der Waals surface area (Å²) in [7, 11) is 0. The first-order valence-corrected chi connectivity index (χ1v) is 5.01. The Kier molecular flexibility index (Phi) is 3.53. The number of aliphatic hydroxyl groups is 1. The fourth-order valence-electron chi connectivity index (χ4n) is 1.62. The second-order valence-corrected chi connectivity index (χ2v) is 4.43. The summed E-state index contributed by atoms with van der Waals surface area (Å²) in [6.45, 7) is 8.32. The average Bonchev–Trinajstić information content (AvgIpc) is 2.63. The molecule has 0 radical (unpaired) electrons. The maximum atomic E-state index is 9.27. The van der Waals surface area contributed by atoms with Crippen LogP contribution in [0.5, 0.6) is 0 Å². The Balaban J connectivity index is 2.27. The molecular formula is C10H21NO. The standard InChI is InChI=1S/C10H21NO/c1-8(2)6-11(7-9(3)12)10-4-5-10/h8-10,12H,4-7H2,1-3H3/t9-/m1/s1. The number of aliphatic hydroxyl groups excluding tert-OH is 1. The van der Waals surface area contributed by atoms with Gasteiger partial charge in [-0.1, -0.05) is 13.8 Å². The molecule has 0 aromatic rings. The van der Waals surface area contributed by atoms with Crippen molar-refractivity contribution >= 4 is 0 Å². The topological polar surface area (TPSA) is 23.5 Å². The van der Waals surface area contributed by atoms with Gasteiger partial charge in [-0.2, -0.15) is 0 Å². The summed E-state index contributed by atoms with van der Waals surface area (Å²) in [5.74, 6) is 0.712. The lowest BCUT2D eigenvalue weighted by Crippen LogP contribution is -2.35. The molecule has 72 valence electrons. The summed E-state index contributed by atoms with van der Waals surface area (Å²) in [5.41, 5.74) is 0. The van der Waals surface area contributed by atoms with E-state index in [4.69, 9.17) is 0 Å². The van der Waals surface area contributed by atoms with Crippen LogP contribution in [0.4, 0.5) is 0 Å². The zero-order valence-electron chi connectivity index (χ0n) is 8.45. The van der Waals surface area contributed by atoms with Gasteiger partial charge in [0.1, 0.15) is 0 Å². The van der Waals surface area contributed by atoms with Gasteiger partial charge in [0.2, 0.25) is 0 Å². The fourth-order valence-corrected chi connectivity index (χ4v) is 1.62. The highest BCUT2D eigenvalue weighted by molar-refractivity contribution is 4.85. The van der Waals surface area contributed by atoms with Crippen LogP contribution in [0.25, 0.3) is 0 Å². The van der Waals surface area contributed by atoms with Crippen LogP contribution in [0, 0.1) is 5.92 Å². The second kappa shape index (κ2) is 4.24. The van der Waals surface area contributed by atoms with E-state index in [1.807, 2.05) is 6.92 Å². The molecule has 1 rings (SSSR count). The molecule has 0 bridgehead atoms. The van der Waals surface area contributed by atoms with Crippen LogP contribution in [0.3, 0.4) is 0 Å². The third-order valence-corrected chi connectivity index (χ3v) is 2.16. The van der Waals surface area contributed by atoms with E-state index in [1.54, 1.807) is 0 Å². The van der Waals surface area contributed by atoms with Crippen molar-refractivity contribution < 1.29 is 5.11 Å². The lowest BCUT2D eigenvalue weighted by Gasteiger charge is -2.25. The fraction of sp³-hybridized carbons (Fsp3) is 1.00. The molecule has 0 amide bonds. The van der Waals surface area contributed by atoms with E-state index in [0.29, 0.717) is 5.92 Å². The molecule has 0 aliphatic heterocycles. The Morgan fingerprint density at radius 2 is 1.83 bits per heavy atom. The van der Waals surface area contributed by atoms with Crippen molar-refractivity contribution in [3.8, 4) is 0 Å². The molecule has 2 nitrogen and oxygen atoms in total. The van der Waals surface area contributed by atoms with Gasteiger partial charge in [-0.3, -0.25) is 4.90 Å². The minimum atomic E-state index is -0.177. The molecule has 0 spiro atoms. The highest BCUT2D eigenvalue weighted by Gasteiger charge is 2.29. The van der Waals surface area contributed by atoms with Crippen molar-refractivity contribution in [2.75, 3.05) is 13.1 Å². The van der Waals surface area contributed by atoms with Crippen molar-refractivity contribution in [1.29, 1.82) is 0 Å². The Morgan fingerprint density at radius 1 is 1.25 bits per heavy atom. The average molecular weight is 171 g/mol. The van der Waals surface area contributed by atoms with Crippen LogP contribution in [0.2, 0.25) is 0 Å². The molecule has 0 aromatic heterocycles. The quantitative estimate of drug-likeness (QED) is 0.677. The maximum absolute atomic E-state index is 9.27. The SMILES string of the molecule is CC(C)CN(C[C@@H](C)O)C1CC1. The summed E-state index contributed by atoms with van der Waals surface area (Å²) >= 11 is 0. The number of nitrogens with zero attached hydrogens (tertiary/aromatic N) is 1. The van der Waals surface area contributed by atoms with Crippen LogP contribution in [-0.4, -0.2) is 35.2 Å². The largest absolute Gasteiger partial charge is 0.392 e. The van der Waals surface area contributed by atoms with Crippen molar-refractivity contribution in [3.05, 3.63) is 0 Å². The molecule has 12 heavy (non-hydrogen) atoms. The van der Waals surface area contributed by atoms with Gasteiger partial charge in [-0.15, -0.1) is 0 Å². The number of hydrogen-bond acceptors (Lipinski definition) is 2. The van der Waals surface area contributed by atoms with Crippen LogP contribution in [-0.2, 0) is 0 Å². The van der Waals surface area contributed by atoms with Gasteiger partial charge in [0.15, 0.2) is 0 Å². The first-order valence-electron chi connectivity index (χ1n) is 5.01. The van der Waals surface area contributed by atoms with Crippen molar-refractivity contribution in [2.24, 2.45) is 5.92 Å². The predicted molar refractivity (Wildman–Crippen MR) is 51.1 cm³/mol. The summed E-state index contributed by atoms with van der Waals surface area (Å²) < 4.78 is 0. The zero-order chi connectivity index (χ0) is 9.14. The minimum absolute atomic E-state index is 0.177. The molecule has 0 unspecified atom stereocenters. The van der Waals surface area contributed by atoms with E-state index in [0.717, 1.165) is 19.1 Å². The van der Waals surface area contributed by atoms with E-state index >= 15 is 0 Å². The minimum Gasteiger partial charge on any atom is -0.392 e. The summed E-state index contributed by atoms with van der Waals surface area (Å²) in [5, 5.41) is 9.27. The molecule has 1 saturated carbocycles. The highest BCUT2D eigenvalue weighted by atomic mass is 16.3. The van der Waals surface area contributed by atoms with E-state index in [1.165, 1.54) is 12.8 Å². The van der Waals surface area contributed by atoms with Crippen LogP contribution >= 0.6 is 0 Å². The molecular weight excluding hydrogens is 150 g/mol. The molecule has 0 heterocycles. The van der Waals surface area contributed by atoms with Crippen molar-refractivity contribution in [3.63, 3.8) is 0 Å². The zero-order valence-corrected chi connectivity index (χ0v) is 8.45. The summed E-state index contributed by atoms with van der Waals surface area (Å²) in [6.07, 6.45) is 2.49. The lowest BCUT2D eigenvalue weighted by molar-refractivity contribution is 0.114. The van der Waals surface area contributed by atoms with Crippen molar-refractivity contribution in [2.45, 2.75) is 45.8 Å². The summed E-state index contributed by atoms with van der Waals surface area (Å²) in [6, 6.07) is 0.780. The van der Waals surface area contributed by atoms with Gasteiger partial charge in [0, 0.05) is 19.1 Å². The predicted octanol–water partition coefficient (Wildman–Crippen LogP) is 1.49. The second-order valence-electron chi connectivity index (χ2n) is 4.43. The Hall–Kier alpha value is -0.0800. The summed E-state index contributed by atoms with van der Waals surface area (Å²) in [4.78, 5) is 2.43. The van der Waals surface area contributed by atoms with Gasteiger partial charge in [0.05, 0.1) is 6.10 Å². The third-order valence-electron chi connectivity index (χ3n) is 2.16. The lowest BCUT2D eigenvalue weighted by atomic mass is 10.2. The monoisotopic (exact) mass is 171 g/mol. The molecule has 1 fully saturated rings. The van der Waals surface area contributed by atoms with E-state index in [-0.39, 0.29) is 6.10 Å². The van der Waals surface area contributed by atoms with E-state index < -0.39 is 0 Å². The molecule has 0 saturated heterocycles. The molecule has 1 N–H and O–H groups in total. The molecule has 1 aliphatic carbocycles. The van der Waals surface area contributed by atoms with Gasteiger partial charge in [0.25, 0.3) is 0 Å². The molecule has 1 aliphatic rings. The Bertz CT molecular complexity index is 120. The third kappa shape index (κ3) is 3.55.